The summed E-state index contributed by atoms with van der Waals surface area (Å²) in [5.74, 6) is -1.59. The lowest BCUT2D eigenvalue weighted by atomic mass is 9.97. The number of carbonyl (C=O) groups excluding carboxylic acids is 2. The zero-order valence-corrected chi connectivity index (χ0v) is 42.7. The number of hydrogen-bond donors (Lipinski definition) is 1. The Hall–Kier alpha value is -6.83. The van der Waals surface area contributed by atoms with Crippen LogP contribution in [-0.2, 0) is 16.1 Å². The molecule has 7 heteroatoms. The molecule has 8 aromatic rings. The summed E-state index contributed by atoms with van der Waals surface area (Å²) < 4.78 is 4.62. The van der Waals surface area contributed by atoms with Gasteiger partial charge in [-0.1, -0.05) is 156 Å². The number of benzene rings is 6. The van der Waals surface area contributed by atoms with E-state index in [1.165, 1.54) is 68.9 Å². The third-order valence-electron chi connectivity index (χ3n) is 14.8. The molecule has 0 radical (unpaired) electrons. The second kappa shape index (κ2) is 21.3. The first kappa shape index (κ1) is 47.8. The summed E-state index contributed by atoms with van der Waals surface area (Å²) in [6.45, 7) is 10.3. The number of thiophene rings is 1. The molecule has 0 bridgehead atoms. The van der Waals surface area contributed by atoms with Crippen molar-refractivity contribution in [2.45, 2.75) is 118 Å². The number of unbranched alkanes of at least 4 members (excludes halogenated alkanes) is 11. The highest BCUT2D eigenvalue weighted by atomic mass is 32.1. The van der Waals surface area contributed by atoms with Crippen molar-refractivity contribution in [1.82, 2.24) is 4.57 Å². The van der Waals surface area contributed by atoms with Crippen LogP contribution in [0.15, 0.2) is 150 Å². The molecule has 0 amide bonds. The van der Waals surface area contributed by atoms with Gasteiger partial charge in [-0.2, -0.15) is 4.58 Å². The van der Waals surface area contributed by atoms with E-state index in [4.69, 9.17) is 0 Å². The topological polar surface area (TPSA) is 65.6 Å². The molecule has 0 saturated heterocycles. The Bertz CT molecular complexity index is 3390. The second-order valence-corrected chi connectivity index (χ2v) is 20.8. The maximum absolute atomic E-state index is 14.3. The number of anilines is 3. The predicted molar refractivity (Wildman–Crippen MR) is 299 cm³/mol. The van der Waals surface area contributed by atoms with Gasteiger partial charge in [0.25, 0.3) is 0 Å². The fourth-order valence-electron chi connectivity index (χ4n) is 11.0. The van der Waals surface area contributed by atoms with Gasteiger partial charge in [0.15, 0.2) is 0 Å². The number of carbonyl (C=O) groups is 2. The summed E-state index contributed by atoms with van der Waals surface area (Å²) in [6, 6.07) is 45.4. The average Bonchev–Trinajstić information content (AvgIpc) is 4.12. The summed E-state index contributed by atoms with van der Waals surface area (Å²) in [5, 5.41) is 19.7. The number of aliphatic hydroxyl groups is 1. The smallest absolute Gasteiger partial charge is 0.237 e. The number of allylic oxidation sites excluding steroid dienone is 3. The molecule has 2 aliphatic rings. The van der Waals surface area contributed by atoms with E-state index in [0.29, 0.717) is 0 Å². The Balaban J connectivity index is 1.05. The number of rotatable bonds is 21. The lowest BCUT2D eigenvalue weighted by Gasteiger charge is -2.24. The Morgan fingerprint density at radius 1 is 0.592 bits per heavy atom. The monoisotopic (exact) mass is 956 g/mol. The van der Waals surface area contributed by atoms with E-state index in [1.807, 2.05) is 0 Å². The molecular weight excluding hydrogens is 891 g/mol. The summed E-state index contributed by atoms with van der Waals surface area (Å²) in [4.78, 5) is 32.1. The van der Waals surface area contributed by atoms with Gasteiger partial charge in [0, 0.05) is 68.6 Å². The van der Waals surface area contributed by atoms with E-state index in [9.17, 15) is 14.7 Å². The van der Waals surface area contributed by atoms with Crippen molar-refractivity contribution in [3.8, 4) is 10.4 Å². The van der Waals surface area contributed by atoms with Gasteiger partial charge in [-0.3, -0.25) is 9.59 Å². The van der Waals surface area contributed by atoms with Gasteiger partial charge in [0.2, 0.25) is 23.0 Å². The molecule has 3 heterocycles. The molecule has 1 aliphatic heterocycles. The van der Waals surface area contributed by atoms with Crippen molar-refractivity contribution in [3.63, 3.8) is 0 Å². The molecule has 1 aliphatic carbocycles. The predicted octanol–water partition coefficient (Wildman–Crippen LogP) is 16.4. The van der Waals surface area contributed by atoms with Gasteiger partial charge in [0.05, 0.1) is 22.1 Å². The Labute approximate surface area is 423 Å². The maximum Gasteiger partial charge on any atom is 0.237 e. The molecule has 0 atom stereocenters. The number of ketones is 2. The summed E-state index contributed by atoms with van der Waals surface area (Å²) in [7, 11) is 0. The van der Waals surface area contributed by atoms with Crippen molar-refractivity contribution in [2.24, 2.45) is 0 Å². The van der Waals surface area contributed by atoms with Crippen LogP contribution in [0, 0.1) is 13.8 Å². The van der Waals surface area contributed by atoms with E-state index >= 15 is 0 Å². The van der Waals surface area contributed by atoms with Gasteiger partial charge in [0.1, 0.15) is 17.3 Å². The van der Waals surface area contributed by atoms with Crippen LogP contribution in [0.25, 0.3) is 49.0 Å². The lowest BCUT2D eigenvalue weighted by Crippen LogP contribution is -2.19. The molecule has 6 nitrogen and oxygen atoms in total. The Kier molecular flexibility index (Phi) is 14.3. The molecule has 0 unspecified atom stereocenters. The van der Waals surface area contributed by atoms with Crippen LogP contribution in [-0.4, -0.2) is 38.1 Å². The molecule has 2 aromatic heterocycles. The highest BCUT2D eigenvalue weighted by Gasteiger charge is 2.39. The molecule has 0 fully saturated rings. The molecule has 1 N–H and O–H groups in total. The standard InChI is InChI=1S/C64H65N3O3S/c1-5-7-9-11-13-15-17-39-65-54-26-19-22-45-21-18-24-50(60(45)54)56(65)41-52-62(68)53(64(70)63(52)69)42-57-51-25-20-23-49-48(35-36-55(61(49)51)66(57)40-16-14-12-10-8-6-2)58-37-38-59(71-58)67(46-31-27-43(3)28-32-46)47-33-29-44(4)30-34-47/h18-38,41-42H,5-17,39-40H2,1-4H3/p+1. The van der Waals surface area contributed by atoms with Crippen LogP contribution in [0.3, 0.4) is 0 Å². The molecule has 71 heavy (non-hydrogen) atoms. The Morgan fingerprint density at radius 2 is 1.21 bits per heavy atom. The first-order valence-electron chi connectivity index (χ1n) is 26.3. The van der Waals surface area contributed by atoms with Gasteiger partial charge in [-0.05, 0) is 98.1 Å². The number of aromatic nitrogens is 1. The lowest BCUT2D eigenvalue weighted by molar-refractivity contribution is -0.436. The minimum atomic E-state index is -0.671. The van der Waals surface area contributed by atoms with E-state index in [1.54, 1.807) is 23.5 Å². The van der Waals surface area contributed by atoms with Gasteiger partial charge >= 0.3 is 0 Å². The molecule has 0 spiro atoms. The minimum absolute atomic E-state index is 0.0531. The number of nitrogens with zero attached hydrogens (tertiary/aromatic N) is 3. The molecule has 6 aromatic carbocycles. The van der Waals surface area contributed by atoms with Crippen molar-refractivity contribution in [2.75, 3.05) is 11.4 Å². The van der Waals surface area contributed by atoms with Crippen LogP contribution in [0.2, 0.25) is 0 Å². The number of aryl methyl sites for hydroxylation is 3. The van der Waals surface area contributed by atoms with Gasteiger partial charge in [-0.15, -0.1) is 11.3 Å². The quantitative estimate of drug-likeness (QED) is 0.0337. The van der Waals surface area contributed by atoms with E-state index < -0.39 is 11.6 Å². The highest BCUT2D eigenvalue weighted by molar-refractivity contribution is 7.19. The average molecular weight is 957 g/mol. The third-order valence-corrected chi connectivity index (χ3v) is 15.9. The number of aliphatic hydroxyl groups excluding tert-OH is 1. The van der Waals surface area contributed by atoms with E-state index in [-0.39, 0.29) is 16.9 Å². The molecule has 360 valence electrons. The fraction of sp³-hybridized carbons (Fsp3) is 0.297. The van der Waals surface area contributed by atoms with Crippen LogP contribution in [0.4, 0.5) is 22.1 Å². The Morgan fingerprint density at radius 3 is 1.90 bits per heavy atom. The number of hydrogen-bond acceptors (Lipinski definition) is 5. The molecule has 10 rings (SSSR count). The van der Waals surface area contributed by atoms with Crippen LogP contribution >= 0.6 is 11.3 Å². The van der Waals surface area contributed by atoms with Gasteiger partial charge in [-0.25, -0.2) is 0 Å². The molecular formula is C64H66N3O3S+. The largest absolute Gasteiger partial charge is 0.506 e. The third kappa shape index (κ3) is 9.45. The van der Waals surface area contributed by atoms with Crippen molar-refractivity contribution in [3.05, 3.63) is 172 Å². The van der Waals surface area contributed by atoms with Crippen LogP contribution in [0.1, 0.15) is 114 Å². The fourth-order valence-corrected chi connectivity index (χ4v) is 12.0. The summed E-state index contributed by atoms with van der Waals surface area (Å²) >= 11 is 1.77. The zero-order valence-electron chi connectivity index (χ0n) is 41.9. The van der Waals surface area contributed by atoms with Crippen molar-refractivity contribution in [1.29, 1.82) is 0 Å². The highest BCUT2D eigenvalue weighted by Crippen LogP contribution is 2.46. The summed E-state index contributed by atoms with van der Waals surface area (Å²) in [6.07, 6.45) is 18.8. The van der Waals surface area contributed by atoms with Crippen LogP contribution in [0.5, 0.6) is 0 Å². The van der Waals surface area contributed by atoms with Gasteiger partial charge < -0.3 is 14.6 Å². The molecule has 0 saturated carbocycles. The van der Waals surface area contributed by atoms with E-state index in [0.717, 1.165) is 120 Å². The van der Waals surface area contributed by atoms with E-state index in [2.05, 4.69) is 169 Å². The van der Waals surface area contributed by atoms with Crippen molar-refractivity contribution >= 4 is 89.2 Å². The SMILES string of the molecule is CCCCCCCCCn1/c(=C/C2=C(O)C(=C/C3=[N+](CCCCCCCC)c4ccc(-c5ccc(N(c6ccc(C)cc6)c6ccc(C)cc6)s5)c5cccc3c45)/C(=O)C2=O)c2cccc3cccc1c32. The van der Waals surface area contributed by atoms with Crippen molar-refractivity contribution < 1.29 is 19.3 Å². The minimum Gasteiger partial charge on any atom is -0.506 e. The second-order valence-electron chi connectivity index (χ2n) is 19.8. The first-order chi connectivity index (χ1) is 34.7. The normalized spacial score (nSPS) is 14.6. The number of Topliss-reactive ketones (excluding diaryl/α,β-unsaturated/α-hetero) is 2. The van der Waals surface area contributed by atoms with Crippen LogP contribution < -0.4 is 10.2 Å². The zero-order chi connectivity index (χ0) is 49.0. The first-order valence-corrected chi connectivity index (χ1v) is 27.1. The summed E-state index contributed by atoms with van der Waals surface area (Å²) in [5.41, 5.74) is 9.92. The maximum atomic E-state index is 14.3.